The van der Waals surface area contributed by atoms with Gasteiger partial charge in [0.2, 0.25) is 10.0 Å². The van der Waals surface area contributed by atoms with Crippen LogP contribution in [0.5, 0.6) is 0 Å². The molecule has 0 amide bonds. The van der Waals surface area contributed by atoms with Gasteiger partial charge in [-0.15, -0.1) is 0 Å². The van der Waals surface area contributed by atoms with E-state index in [0.717, 1.165) is 32.4 Å². The molecule has 1 heterocycles. The van der Waals surface area contributed by atoms with E-state index in [0.29, 0.717) is 25.6 Å². The minimum Gasteiger partial charge on any atom is -0.330 e. The minimum atomic E-state index is -3.01. The van der Waals surface area contributed by atoms with Crippen molar-refractivity contribution < 1.29 is 8.42 Å². The first-order valence-electron chi connectivity index (χ1n) is 5.90. The van der Waals surface area contributed by atoms with Gasteiger partial charge in [0.25, 0.3) is 0 Å². The molecule has 0 aromatic heterocycles. The predicted molar refractivity (Wildman–Crippen MR) is 65.7 cm³/mol. The number of hydrogen-bond acceptors (Lipinski definition) is 4. The molecule has 3 N–H and O–H groups in total. The van der Waals surface area contributed by atoms with Crippen LogP contribution in [-0.2, 0) is 10.0 Å². The van der Waals surface area contributed by atoms with Crippen molar-refractivity contribution in [2.75, 3.05) is 39.0 Å². The fourth-order valence-corrected chi connectivity index (χ4v) is 2.97. The van der Waals surface area contributed by atoms with E-state index in [1.807, 2.05) is 0 Å². The van der Waals surface area contributed by atoms with Crippen molar-refractivity contribution in [2.45, 2.75) is 19.3 Å². The van der Waals surface area contributed by atoms with Crippen LogP contribution in [0.15, 0.2) is 0 Å². The van der Waals surface area contributed by atoms with E-state index in [1.54, 1.807) is 4.31 Å². The first-order valence-corrected chi connectivity index (χ1v) is 7.75. The van der Waals surface area contributed by atoms with E-state index in [4.69, 9.17) is 5.73 Å². The lowest BCUT2D eigenvalue weighted by molar-refractivity contribution is 0.261. The number of sulfonamides is 1. The zero-order chi connectivity index (χ0) is 12.0. The molecule has 96 valence electrons. The zero-order valence-corrected chi connectivity index (χ0v) is 10.8. The first kappa shape index (κ1) is 13.9. The van der Waals surface area contributed by atoms with Gasteiger partial charge in [0.1, 0.15) is 0 Å². The Morgan fingerprint density at radius 1 is 1.50 bits per heavy atom. The number of hydrogen-bond donors (Lipinski definition) is 2. The van der Waals surface area contributed by atoms with E-state index >= 15 is 0 Å². The fraction of sp³-hybridized carbons (Fsp3) is 1.00. The Balaban J connectivity index is 2.28. The third-order valence-corrected chi connectivity index (χ3v) is 4.21. The van der Waals surface area contributed by atoms with Crippen molar-refractivity contribution in [2.24, 2.45) is 11.7 Å². The molecule has 0 aromatic rings. The third-order valence-electron chi connectivity index (χ3n) is 2.94. The molecule has 1 aliphatic heterocycles. The second kappa shape index (κ2) is 6.54. The van der Waals surface area contributed by atoms with Crippen LogP contribution in [0.3, 0.4) is 0 Å². The first-order chi connectivity index (χ1) is 7.54. The molecule has 0 radical (unpaired) electrons. The monoisotopic (exact) mass is 249 g/mol. The quantitative estimate of drug-likeness (QED) is 0.628. The van der Waals surface area contributed by atoms with Gasteiger partial charge in [-0.1, -0.05) is 0 Å². The normalized spacial score (nSPS) is 23.5. The molecular weight excluding hydrogens is 226 g/mol. The van der Waals surface area contributed by atoms with E-state index in [2.05, 4.69) is 5.32 Å². The minimum absolute atomic E-state index is 0.446. The molecule has 0 saturated carbocycles. The SMILES string of the molecule is CS(=O)(=O)N1CCCC(CNCCCN)C1. The van der Waals surface area contributed by atoms with Crippen LogP contribution in [0.2, 0.25) is 0 Å². The molecule has 1 aliphatic rings. The maximum atomic E-state index is 11.4. The Bertz CT molecular complexity index is 292. The lowest BCUT2D eigenvalue weighted by atomic mass is 10.00. The molecule has 0 aromatic carbocycles. The summed E-state index contributed by atoms with van der Waals surface area (Å²) in [7, 11) is -3.01. The summed E-state index contributed by atoms with van der Waals surface area (Å²) in [6.45, 7) is 3.86. The average molecular weight is 249 g/mol. The van der Waals surface area contributed by atoms with Crippen molar-refractivity contribution in [3.8, 4) is 0 Å². The molecule has 1 atom stereocenters. The van der Waals surface area contributed by atoms with Gasteiger partial charge in [-0.25, -0.2) is 12.7 Å². The molecule has 0 bridgehead atoms. The Hall–Kier alpha value is -0.170. The van der Waals surface area contributed by atoms with Gasteiger partial charge in [0.15, 0.2) is 0 Å². The second-order valence-electron chi connectivity index (χ2n) is 4.48. The van der Waals surface area contributed by atoms with Gasteiger partial charge < -0.3 is 11.1 Å². The second-order valence-corrected chi connectivity index (χ2v) is 6.46. The Kier molecular flexibility index (Phi) is 5.68. The number of rotatable bonds is 6. The van der Waals surface area contributed by atoms with E-state index < -0.39 is 10.0 Å². The van der Waals surface area contributed by atoms with E-state index in [1.165, 1.54) is 6.26 Å². The van der Waals surface area contributed by atoms with Crippen LogP contribution in [0.1, 0.15) is 19.3 Å². The number of nitrogens with one attached hydrogen (secondary N) is 1. The molecular formula is C10H23N3O2S. The Morgan fingerprint density at radius 3 is 2.88 bits per heavy atom. The zero-order valence-electron chi connectivity index (χ0n) is 9.98. The highest BCUT2D eigenvalue weighted by Crippen LogP contribution is 2.17. The molecule has 1 saturated heterocycles. The van der Waals surface area contributed by atoms with Crippen molar-refractivity contribution in [3.63, 3.8) is 0 Å². The Labute approximate surface area is 98.4 Å². The summed E-state index contributed by atoms with van der Waals surface area (Å²) in [4.78, 5) is 0. The van der Waals surface area contributed by atoms with Crippen LogP contribution in [-0.4, -0.2) is 51.7 Å². The van der Waals surface area contributed by atoms with E-state index in [9.17, 15) is 8.42 Å². The smallest absolute Gasteiger partial charge is 0.211 e. The maximum absolute atomic E-state index is 11.4. The highest BCUT2D eigenvalue weighted by Gasteiger charge is 2.25. The summed E-state index contributed by atoms with van der Waals surface area (Å²) in [6.07, 6.45) is 4.34. The molecule has 0 spiro atoms. The highest BCUT2D eigenvalue weighted by molar-refractivity contribution is 7.88. The van der Waals surface area contributed by atoms with Crippen LogP contribution in [0.25, 0.3) is 0 Å². The van der Waals surface area contributed by atoms with Crippen molar-refractivity contribution >= 4 is 10.0 Å². The maximum Gasteiger partial charge on any atom is 0.211 e. The lowest BCUT2D eigenvalue weighted by Crippen LogP contribution is -2.42. The van der Waals surface area contributed by atoms with Gasteiger partial charge in [0.05, 0.1) is 6.26 Å². The molecule has 5 nitrogen and oxygen atoms in total. The van der Waals surface area contributed by atoms with Gasteiger partial charge in [-0.3, -0.25) is 0 Å². The highest BCUT2D eigenvalue weighted by atomic mass is 32.2. The summed E-state index contributed by atoms with van der Waals surface area (Å²) >= 11 is 0. The number of piperidine rings is 1. The van der Waals surface area contributed by atoms with Gasteiger partial charge in [-0.05, 0) is 44.8 Å². The van der Waals surface area contributed by atoms with Crippen molar-refractivity contribution in [3.05, 3.63) is 0 Å². The third kappa shape index (κ3) is 4.78. The van der Waals surface area contributed by atoms with Gasteiger partial charge in [0, 0.05) is 13.1 Å². The number of nitrogens with zero attached hydrogens (tertiary/aromatic N) is 1. The standard InChI is InChI=1S/C10H23N3O2S/c1-16(14,15)13-7-2-4-10(9-13)8-12-6-3-5-11/h10,12H,2-9,11H2,1H3. The van der Waals surface area contributed by atoms with E-state index in [-0.39, 0.29) is 0 Å². The molecule has 1 fully saturated rings. The topological polar surface area (TPSA) is 75.4 Å². The van der Waals surface area contributed by atoms with Gasteiger partial charge in [-0.2, -0.15) is 0 Å². The van der Waals surface area contributed by atoms with Gasteiger partial charge >= 0.3 is 0 Å². The largest absolute Gasteiger partial charge is 0.330 e. The predicted octanol–water partition coefficient (Wildman–Crippen LogP) is -0.404. The summed E-state index contributed by atoms with van der Waals surface area (Å²) < 4.78 is 24.4. The number of nitrogens with two attached hydrogens (primary N) is 1. The molecule has 0 aliphatic carbocycles. The molecule has 1 rings (SSSR count). The van der Waals surface area contributed by atoms with Crippen LogP contribution in [0, 0.1) is 5.92 Å². The van der Waals surface area contributed by atoms with Crippen LogP contribution < -0.4 is 11.1 Å². The van der Waals surface area contributed by atoms with Crippen molar-refractivity contribution in [1.29, 1.82) is 0 Å². The lowest BCUT2D eigenvalue weighted by Gasteiger charge is -2.31. The molecule has 6 heteroatoms. The average Bonchev–Trinajstić information content (AvgIpc) is 2.24. The summed E-state index contributed by atoms with van der Waals surface area (Å²) in [6, 6.07) is 0. The molecule has 1 unspecified atom stereocenters. The Morgan fingerprint density at radius 2 is 2.25 bits per heavy atom. The van der Waals surface area contributed by atoms with Crippen molar-refractivity contribution in [1.82, 2.24) is 9.62 Å². The summed E-state index contributed by atoms with van der Waals surface area (Å²) in [5.41, 5.74) is 5.40. The van der Waals surface area contributed by atoms with Crippen LogP contribution in [0.4, 0.5) is 0 Å². The summed E-state index contributed by atoms with van der Waals surface area (Å²) in [5.74, 6) is 0.446. The molecule has 16 heavy (non-hydrogen) atoms. The fourth-order valence-electron chi connectivity index (χ4n) is 2.03. The summed E-state index contributed by atoms with van der Waals surface area (Å²) in [5, 5.41) is 3.33. The van der Waals surface area contributed by atoms with Crippen LogP contribution >= 0.6 is 0 Å².